The molecule has 1 atom stereocenters. The summed E-state index contributed by atoms with van der Waals surface area (Å²) < 4.78 is 10.9. The molecule has 1 aromatic carbocycles. The molecular formula is C14H19NO4. The zero-order valence-corrected chi connectivity index (χ0v) is 11.3. The Balaban J connectivity index is 2.11. The summed E-state index contributed by atoms with van der Waals surface area (Å²) >= 11 is 0. The van der Waals surface area contributed by atoms with Crippen LogP contribution in [0.25, 0.3) is 0 Å². The molecule has 5 nitrogen and oxygen atoms in total. The van der Waals surface area contributed by atoms with Crippen LogP contribution in [0.2, 0.25) is 0 Å². The standard InChI is InChI=1S/C14H19NO4/c1-15-7-6-10(8-15)9-19-13-11(14(16)17)4-3-5-12(13)18-2/h3-5,10H,6-9H2,1-2H3,(H,16,17). The summed E-state index contributed by atoms with van der Waals surface area (Å²) in [6, 6.07) is 4.89. The third kappa shape index (κ3) is 3.17. The van der Waals surface area contributed by atoms with Gasteiger partial charge in [-0.2, -0.15) is 0 Å². The van der Waals surface area contributed by atoms with Gasteiger partial charge in [0.05, 0.1) is 13.7 Å². The third-order valence-electron chi connectivity index (χ3n) is 3.38. The number of carboxylic acids is 1. The van der Waals surface area contributed by atoms with Crippen LogP contribution in [-0.2, 0) is 0 Å². The Morgan fingerprint density at radius 3 is 2.89 bits per heavy atom. The highest BCUT2D eigenvalue weighted by Gasteiger charge is 2.22. The van der Waals surface area contributed by atoms with Crippen molar-refractivity contribution < 1.29 is 19.4 Å². The first-order valence-electron chi connectivity index (χ1n) is 6.33. The van der Waals surface area contributed by atoms with Gasteiger partial charge in [-0.05, 0) is 32.1 Å². The fourth-order valence-electron chi connectivity index (χ4n) is 2.36. The van der Waals surface area contributed by atoms with Crippen LogP contribution in [0, 0.1) is 5.92 Å². The quantitative estimate of drug-likeness (QED) is 0.878. The molecule has 0 amide bonds. The van der Waals surface area contributed by atoms with Crippen LogP contribution in [0.3, 0.4) is 0 Å². The Bertz CT molecular complexity index is 461. The zero-order chi connectivity index (χ0) is 13.8. The number of benzene rings is 1. The molecule has 1 saturated heterocycles. The number of carbonyl (C=O) groups is 1. The van der Waals surface area contributed by atoms with Crippen LogP contribution in [-0.4, -0.2) is 49.8 Å². The number of carboxylic acid groups (broad SMARTS) is 1. The van der Waals surface area contributed by atoms with Crippen molar-refractivity contribution in [2.24, 2.45) is 5.92 Å². The monoisotopic (exact) mass is 265 g/mol. The molecule has 5 heteroatoms. The Kier molecular flexibility index (Phi) is 4.27. The maximum Gasteiger partial charge on any atom is 0.339 e. The van der Waals surface area contributed by atoms with Crippen molar-refractivity contribution in [1.29, 1.82) is 0 Å². The van der Waals surface area contributed by atoms with Crippen LogP contribution in [0.1, 0.15) is 16.8 Å². The van der Waals surface area contributed by atoms with Gasteiger partial charge in [0.2, 0.25) is 0 Å². The smallest absolute Gasteiger partial charge is 0.339 e. The predicted molar refractivity (Wildman–Crippen MR) is 71.1 cm³/mol. The Morgan fingerprint density at radius 2 is 2.32 bits per heavy atom. The van der Waals surface area contributed by atoms with Gasteiger partial charge >= 0.3 is 5.97 Å². The lowest BCUT2D eigenvalue weighted by Gasteiger charge is -2.16. The van der Waals surface area contributed by atoms with Gasteiger partial charge < -0.3 is 19.5 Å². The summed E-state index contributed by atoms with van der Waals surface area (Å²) in [7, 11) is 3.59. The fraction of sp³-hybridized carbons (Fsp3) is 0.500. The van der Waals surface area contributed by atoms with Crippen molar-refractivity contribution in [2.45, 2.75) is 6.42 Å². The molecule has 2 rings (SSSR count). The highest BCUT2D eigenvalue weighted by Crippen LogP contribution is 2.32. The first-order chi connectivity index (χ1) is 9.11. The third-order valence-corrected chi connectivity index (χ3v) is 3.38. The van der Waals surface area contributed by atoms with Crippen molar-refractivity contribution in [2.75, 3.05) is 33.9 Å². The van der Waals surface area contributed by atoms with E-state index < -0.39 is 5.97 Å². The molecule has 0 spiro atoms. The fourth-order valence-corrected chi connectivity index (χ4v) is 2.36. The van der Waals surface area contributed by atoms with E-state index in [4.69, 9.17) is 9.47 Å². The highest BCUT2D eigenvalue weighted by molar-refractivity contribution is 5.92. The van der Waals surface area contributed by atoms with Crippen molar-refractivity contribution in [3.8, 4) is 11.5 Å². The number of methoxy groups -OCH3 is 1. The van der Waals surface area contributed by atoms with Crippen LogP contribution in [0.5, 0.6) is 11.5 Å². The summed E-state index contributed by atoms with van der Waals surface area (Å²) in [5.74, 6) is 0.229. The lowest BCUT2D eigenvalue weighted by molar-refractivity contribution is 0.0690. The van der Waals surface area contributed by atoms with Gasteiger partial charge in [-0.25, -0.2) is 4.79 Å². The second-order valence-electron chi connectivity index (χ2n) is 4.87. The largest absolute Gasteiger partial charge is 0.493 e. The molecule has 1 aliphatic rings. The number of aromatic carboxylic acids is 1. The maximum atomic E-state index is 11.2. The van der Waals surface area contributed by atoms with Crippen LogP contribution >= 0.6 is 0 Å². The van der Waals surface area contributed by atoms with Gasteiger partial charge in [-0.15, -0.1) is 0 Å². The number of rotatable bonds is 5. The minimum Gasteiger partial charge on any atom is -0.493 e. The van der Waals surface area contributed by atoms with Gasteiger partial charge in [0, 0.05) is 12.5 Å². The van der Waals surface area contributed by atoms with Crippen LogP contribution in [0.15, 0.2) is 18.2 Å². The van der Waals surface area contributed by atoms with E-state index in [1.165, 1.54) is 13.2 Å². The average molecular weight is 265 g/mol. The van der Waals surface area contributed by atoms with Crippen molar-refractivity contribution in [3.63, 3.8) is 0 Å². The lowest BCUT2D eigenvalue weighted by atomic mass is 10.1. The van der Waals surface area contributed by atoms with Gasteiger partial charge in [0.15, 0.2) is 11.5 Å². The van der Waals surface area contributed by atoms with Crippen molar-refractivity contribution in [1.82, 2.24) is 4.90 Å². The van der Waals surface area contributed by atoms with Gasteiger partial charge in [-0.3, -0.25) is 0 Å². The minimum absolute atomic E-state index is 0.144. The van der Waals surface area contributed by atoms with E-state index in [1.807, 2.05) is 0 Å². The number of likely N-dealkylation sites (tertiary alicyclic amines) is 1. The molecular weight excluding hydrogens is 246 g/mol. The highest BCUT2D eigenvalue weighted by atomic mass is 16.5. The SMILES string of the molecule is COc1cccc(C(=O)O)c1OCC1CCN(C)C1. The van der Waals surface area contributed by atoms with E-state index in [1.54, 1.807) is 12.1 Å². The summed E-state index contributed by atoms with van der Waals surface area (Å²) in [5, 5.41) is 9.18. The molecule has 1 unspecified atom stereocenters. The maximum absolute atomic E-state index is 11.2. The van der Waals surface area contributed by atoms with Crippen LogP contribution in [0.4, 0.5) is 0 Å². The number of ether oxygens (including phenoxy) is 2. The second-order valence-corrected chi connectivity index (χ2v) is 4.87. The normalized spacial score (nSPS) is 19.4. The molecule has 0 bridgehead atoms. The van der Waals surface area contributed by atoms with E-state index in [9.17, 15) is 9.90 Å². The lowest BCUT2D eigenvalue weighted by Crippen LogP contribution is -2.18. The zero-order valence-electron chi connectivity index (χ0n) is 11.3. The molecule has 0 radical (unpaired) electrons. The van der Waals surface area contributed by atoms with E-state index in [0.717, 1.165) is 19.5 Å². The van der Waals surface area contributed by atoms with Gasteiger partial charge in [0.25, 0.3) is 0 Å². The van der Waals surface area contributed by atoms with Gasteiger partial charge in [-0.1, -0.05) is 6.07 Å². The van der Waals surface area contributed by atoms with E-state index >= 15 is 0 Å². The average Bonchev–Trinajstić information content (AvgIpc) is 2.81. The summed E-state index contributed by atoms with van der Waals surface area (Å²) in [4.78, 5) is 13.4. The topological polar surface area (TPSA) is 59.0 Å². The molecule has 1 aromatic rings. The second kappa shape index (κ2) is 5.93. The first-order valence-corrected chi connectivity index (χ1v) is 6.33. The summed E-state index contributed by atoms with van der Waals surface area (Å²) in [5.41, 5.74) is 0.144. The number of para-hydroxylation sites is 1. The predicted octanol–water partition coefficient (Wildman–Crippen LogP) is 1.72. The Hall–Kier alpha value is -1.75. The van der Waals surface area contributed by atoms with E-state index in [-0.39, 0.29) is 5.56 Å². The number of hydrogen-bond acceptors (Lipinski definition) is 4. The summed E-state index contributed by atoms with van der Waals surface area (Å²) in [6.45, 7) is 2.56. The molecule has 1 fully saturated rings. The number of nitrogens with zero attached hydrogens (tertiary/aromatic N) is 1. The molecule has 0 aromatic heterocycles. The first kappa shape index (κ1) is 13.7. The summed E-state index contributed by atoms with van der Waals surface area (Å²) in [6.07, 6.45) is 1.08. The van der Waals surface area contributed by atoms with Gasteiger partial charge in [0.1, 0.15) is 5.56 Å². The molecule has 104 valence electrons. The Morgan fingerprint density at radius 1 is 1.53 bits per heavy atom. The van der Waals surface area contributed by atoms with Crippen LogP contribution < -0.4 is 9.47 Å². The van der Waals surface area contributed by atoms with E-state index in [0.29, 0.717) is 24.0 Å². The van der Waals surface area contributed by atoms with Crippen molar-refractivity contribution in [3.05, 3.63) is 23.8 Å². The molecule has 1 aliphatic heterocycles. The minimum atomic E-state index is -1.00. The molecule has 1 heterocycles. The molecule has 0 saturated carbocycles. The van der Waals surface area contributed by atoms with E-state index in [2.05, 4.69) is 11.9 Å². The molecule has 19 heavy (non-hydrogen) atoms. The number of hydrogen-bond donors (Lipinski definition) is 1. The molecule has 1 N–H and O–H groups in total. The van der Waals surface area contributed by atoms with Crippen molar-refractivity contribution >= 4 is 5.97 Å². The Labute approximate surface area is 112 Å². The molecule has 0 aliphatic carbocycles.